The molecule has 0 aromatic heterocycles. The van der Waals surface area contributed by atoms with Crippen molar-refractivity contribution >= 4 is 0 Å². The van der Waals surface area contributed by atoms with Crippen LogP contribution in [0, 0.1) is 23.2 Å². The Kier molecular flexibility index (Phi) is 5.94. The van der Waals surface area contributed by atoms with Gasteiger partial charge in [-0.15, -0.1) is 0 Å². The predicted molar refractivity (Wildman–Crippen MR) is 76.2 cm³/mol. The van der Waals surface area contributed by atoms with E-state index in [1.165, 1.54) is 25.8 Å². The first-order valence-corrected chi connectivity index (χ1v) is 7.32. The zero-order chi connectivity index (χ0) is 12.9. The molecule has 1 rings (SSSR count). The first-order chi connectivity index (χ1) is 7.97. The maximum absolute atomic E-state index is 3.70. The fourth-order valence-electron chi connectivity index (χ4n) is 2.72. The third-order valence-electron chi connectivity index (χ3n) is 4.61. The summed E-state index contributed by atoms with van der Waals surface area (Å²) >= 11 is 0. The summed E-state index contributed by atoms with van der Waals surface area (Å²) < 4.78 is 0. The van der Waals surface area contributed by atoms with E-state index in [9.17, 15) is 0 Å². The van der Waals surface area contributed by atoms with Gasteiger partial charge in [0.15, 0.2) is 0 Å². The average molecular weight is 240 g/mol. The summed E-state index contributed by atoms with van der Waals surface area (Å²) in [6, 6.07) is 0. The Bertz CT molecular complexity index is 207. The summed E-state index contributed by atoms with van der Waals surface area (Å²) in [5.74, 6) is 2.45. The Labute approximate surface area is 108 Å². The third kappa shape index (κ3) is 4.59. The first kappa shape index (κ1) is 15.0. The van der Waals surface area contributed by atoms with Crippen LogP contribution in [-0.4, -0.2) is 26.7 Å². The minimum Gasteiger partial charge on any atom is -0.319 e. The van der Waals surface area contributed by atoms with Gasteiger partial charge in [0.25, 0.3) is 0 Å². The second-order valence-corrected chi connectivity index (χ2v) is 6.81. The highest BCUT2D eigenvalue weighted by Gasteiger charge is 2.33. The van der Waals surface area contributed by atoms with Gasteiger partial charge in [-0.1, -0.05) is 34.1 Å². The van der Waals surface area contributed by atoms with Crippen LogP contribution in [0.5, 0.6) is 0 Å². The average Bonchev–Trinajstić information content (AvgIpc) is 2.12. The monoisotopic (exact) mass is 240 g/mol. The van der Waals surface area contributed by atoms with E-state index in [0.29, 0.717) is 5.41 Å². The highest BCUT2D eigenvalue weighted by molar-refractivity contribution is 4.86. The minimum absolute atomic E-state index is 0.486. The van der Waals surface area contributed by atoms with Gasteiger partial charge in [0, 0.05) is 6.54 Å². The van der Waals surface area contributed by atoms with Crippen molar-refractivity contribution in [3.8, 4) is 0 Å². The van der Waals surface area contributed by atoms with Gasteiger partial charge in [0.1, 0.15) is 0 Å². The Morgan fingerprint density at radius 1 is 1.18 bits per heavy atom. The van der Waals surface area contributed by atoms with E-state index in [0.717, 1.165) is 30.8 Å². The molecule has 1 saturated carbocycles. The molecule has 0 aliphatic heterocycles. The van der Waals surface area contributed by atoms with E-state index in [2.05, 4.69) is 38.3 Å². The Morgan fingerprint density at radius 2 is 1.82 bits per heavy atom. The summed E-state index contributed by atoms with van der Waals surface area (Å²) in [6.07, 6.45) is 4.33. The maximum Gasteiger partial charge on any atom is 0.000530 e. The van der Waals surface area contributed by atoms with Gasteiger partial charge >= 0.3 is 0 Å². The van der Waals surface area contributed by atoms with Gasteiger partial charge in [-0.05, 0) is 56.1 Å². The first-order valence-electron chi connectivity index (χ1n) is 7.32. The zero-order valence-corrected chi connectivity index (χ0v) is 12.5. The molecule has 0 spiro atoms. The molecule has 0 aromatic carbocycles. The predicted octanol–water partition coefficient (Wildman–Crippen LogP) is 2.89. The van der Waals surface area contributed by atoms with Gasteiger partial charge in [-0.3, -0.25) is 0 Å². The number of hydrogen-bond acceptors (Lipinski definition) is 2. The normalized spacial score (nSPS) is 19.4. The fraction of sp³-hybridized carbons (Fsp3) is 1.00. The summed E-state index contributed by atoms with van der Waals surface area (Å²) in [5, 5.41) is 7.00. The lowest BCUT2D eigenvalue weighted by Crippen LogP contribution is -2.42. The molecule has 0 aromatic rings. The Morgan fingerprint density at radius 3 is 2.24 bits per heavy atom. The summed E-state index contributed by atoms with van der Waals surface area (Å²) in [4.78, 5) is 0. The largest absolute Gasteiger partial charge is 0.319 e. The van der Waals surface area contributed by atoms with Crippen LogP contribution in [0.2, 0.25) is 0 Å². The summed E-state index contributed by atoms with van der Waals surface area (Å²) in [7, 11) is 2.05. The van der Waals surface area contributed by atoms with Gasteiger partial charge in [0.05, 0.1) is 0 Å². The molecule has 2 heteroatoms. The van der Waals surface area contributed by atoms with Crippen LogP contribution < -0.4 is 10.6 Å². The molecule has 1 aliphatic carbocycles. The molecule has 1 aliphatic rings. The van der Waals surface area contributed by atoms with Crippen molar-refractivity contribution in [3.63, 3.8) is 0 Å². The van der Waals surface area contributed by atoms with E-state index >= 15 is 0 Å². The molecule has 17 heavy (non-hydrogen) atoms. The van der Waals surface area contributed by atoms with Crippen molar-refractivity contribution in [3.05, 3.63) is 0 Å². The molecule has 2 N–H and O–H groups in total. The molecule has 0 radical (unpaired) electrons. The van der Waals surface area contributed by atoms with Crippen molar-refractivity contribution in [2.24, 2.45) is 23.2 Å². The number of hydrogen-bond donors (Lipinski definition) is 2. The van der Waals surface area contributed by atoms with Crippen molar-refractivity contribution in [2.75, 3.05) is 26.7 Å². The molecule has 0 amide bonds. The SMILES string of the molecule is CNCC(CNCC(C)(C)C1CCC1)C(C)C. The molecule has 0 saturated heterocycles. The highest BCUT2D eigenvalue weighted by atomic mass is 14.9. The molecular weight excluding hydrogens is 208 g/mol. The van der Waals surface area contributed by atoms with Crippen molar-refractivity contribution in [2.45, 2.75) is 47.0 Å². The lowest BCUT2D eigenvalue weighted by atomic mass is 9.67. The molecule has 1 unspecified atom stereocenters. The molecule has 1 atom stereocenters. The van der Waals surface area contributed by atoms with Gasteiger partial charge in [-0.2, -0.15) is 0 Å². The van der Waals surface area contributed by atoms with Crippen molar-refractivity contribution in [1.29, 1.82) is 0 Å². The third-order valence-corrected chi connectivity index (χ3v) is 4.61. The zero-order valence-electron chi connectivity index (χ0n) is 12.5. The Balaban J connectivity index is 2.24. The summed E-state index contributed by atoms with van der Waals surface area (Å²) in [6.45, 7) is 12.9. The quantitative estimate of drug-likeness (QED) is 0.682. The fourth-order valence-corrected chi connectivity index (χ4v) is 2.72. The topological polar surface area (TPSA) is 24.1 Å². The van der Waals surface area contributed by atoms with Crippen LogP contribution in [-0.2, 0) is 0 Å². The molecule has 2 nitrogen and oxygen atoms in total. The Hall–Kier alpha value is -0.0800. The molecular formula is C15H32N2. The van der Waals surface area contributed by atoms with E-state index in [-0.39, 0.29) is 0 Å². The lowest BCUT2D eigenvalue weighted by Gasteiger charge is -2.41. The van der Waals surface area contributed by atoms with Crippen LogP contribution in [0.1, 0.15) is 47.0 Å². The van der Waals surface area contributed by atoms with Crippen LogP contribution in [0.25, 0.3) is 0 Å². The maximum atomic E-state index is 3.70. The van der Waals surface area contributed by atoms with E-state index < -0.39 is 0 Å². The van der Waals surface area contributed by atoms with Crippen molar-refractivity contribution in [1.82, 2.24) is 10.6 Å². The number of nitrogens with one attached hydrogen (secondary N) is 2. The second-order valence-electron chi connectivity index (χ2n) is 6.81. The van der Waals surface area contributed by atoms with Crippen LogP contribution in [0.4, 0.5) is 0 Å². The molecule has 0 heterocycles. The minimum atomic E-state index is 0.486. The van der Waals surface area contributed by atoms with E-state index in [1.54, 1.807) is 0 Å². The van der Waals surface area contributed by atoms with E-state index in [4.69, 9.17) is 0 Å². The molecule has 102 valence electrons. The number of rotatable bonds is 8. The van der Waals surface area contributed by atoms with Gasteiger partial charge in [0.2, 0.25) is 0 Å². The van der Waals surface area contributed by atoms with Crippen LogP contribution >= 0.6 is 0 Å². The van der Waals surface area contributed by atoms with Gasteiger partial charge in [-0.25, -0.2) is 0 Å². The standard InChI is InChI=1S/C15H32N2/c1-12(2)13(9-16-5)10-17-11-15(3,4)14-7-6-8-14/h12-14,16-17H,6-11H2,1-5H3. The lowest BCUT2D eigenvalue weighted by molar-refractivity contribution is 0.116. The smallest absolute Gasteiger partial charge is 0.000530 e. The van der Waals surface area contributed by atoms with Crippen LogP contribution in [0.15, 0.2) is 0 Å². The van der Waals surface area contributed by atoms with Gasteiger partial charge < -0.3 is 10.6 Å². The van der Waals surface area contributed by atoms with Crippen molar-refractivity contribution < 1.29 is 0 Å². The molecule has 0 bridgehead atoms. The van der Waals surface area contributed by atoms with Crippen LogP contribution in [0.3, 0.4) is 0 Å². The second kappa shape index (κ2) is 6.75. The van der Waals surface area contributed by atoms with E-state index in [1.807, 2.05) is 7.05 Å². The molecule has 1 fully saturated rings. The summed E-state index contributed by atoms with van der Waals surface area (Å²) in [5.41, 5.74) is 0.486. The highest BCUT2D eigenvalue weighted by Crippen LogP contribution is 2.41.